The molecule has 156 valence electrons. The van der Waals surface area contributed by atoms with Crippen LogP contribution in [-0.2, 0) is 11.3 Å². The fourth-order valence-electron chi connectivity index (χ4n) is 3.22. The molecular weight excluding hydrogens is 388 g/mol. The molecule has 0 unspecified atom stereocenters. The maximum atomic E-state index is 12.9. The Labute approximate surface area is 172 Å². The van der Waals surface area contributed by atoms with E-state index in [-0.39, 0.29) is 12.4 Å². The Morgan fingerprint density at radius 3 is 2.97 bits per heavy atom. The first-order valence-corrected chi connectivity index (χ1v) is 9.46. The number of ether oxygens (including phenoxy) is 4. The number of hydrogen-bond donors (Lipinski definition) is 1. The highest BCUT2D eigenvalue weighted by Gasteiger charge is 2.19. The molecule has 1 N–H and O–H groups in total. The number of anilines is 1. The second kappa shape index (κ2) is 8.83. The van der Waals surface area contributed by atoms with Crippen LogP contribution in [0.2, 0.25) is 0 Å². The van der Waals surface area contributed by atoms with Crippen LogP contribution in [0.25, 0.3) is 10.9 Å². The molecule has 2 aromatic carbocycles. The molecule has 0 bridgehead atoms. The second-order valence-corrected chi connectivity index (χ2v) is 6.58. The van der Waals surface area contributed by atoms with Gasteiger partial charge in [0.05, 0.1) is 24.2 Å². The molecule has 0 radical (unpaired) electrons. The number of aromatic nitrogens is 2. The van der Waals surface area contributed by atoms with Gasteiger partial charge < -0.3 is 18.9 Å². The first-order valence-electron chi connectivity index (χ1n) is 9.46. The van der Waals surface area contributed by atoms with Gasteiger partial charge in [0, 0.05) is 25.8 Å². The minimum Gasteiger partial charge on any atom is -0.493 e. The predicted octanol–water partition coefficient (Wildman–Crippen LogP) is 2.62. The van der Waals surface area contributed by atoms with Gasteiger partial charge >= 0.3 is 0 Å². The molecule has 0 spiro atoms. The van der Waals surface area contributed by atoms with Crippen LogP contribution >= 0.6 is 0 Å². The third-order valence-corrected chi connectivity index (χ3v) is 4.65. The third-order valence-electron chi connectivity index (χ3n) is 4.65. The zero-order valence-electron chi connectivity index (χ0n) is 16.8. The van der Waals surface area contributed by atoms with E-state index in [0.717, 1.165) is 5.56 Å². The number of para-hydroxylation sites is 1. The highest BCUT2D eigenvalue weighted by Crippen LogP contribution is 2.41. The number of hydrazone groups is 1. The summed E-state index contributed by atoms with van der Waals surface area (Å²) in [5, 5.41) is 4.83. The number of fused-ring (bicyclic) bond motifs is 2. The fraction of sp³-hybridized carbons (Fsp3) is 0.286. The zero-order chi connectivity index (χ0) is 20.9. The van der Waals surface area contributed by atoms with Crippen molar-refractivity contribution < 1.29 is 18.9 Å². The number of nitrogens with zero attached hydrogens (tertiary/aromatic N) is 3. The van der Waals surface area contributed by atoms with Gasteiger partial charge in [-0.1, -0.05) is 12.1 Å². The Kier molecular flexibility index (Phi) is 5.80. The molecule has 30 heavy (non-hydrogen) atoms. The summed E-state index contributed by atoms with van der Waals surface area (Å²) in [4.78, 5) is 17.5. The molecule has 4 rings (SSSR count). The van der Waals surface area contributed by atoms with E-state index >= 15 is 0 Å². The van der Waals surface area contributed by atoms with Crippen LogP contribution in [0.15, 0.2) is 46.3 Å². The SMILES string of the molecule is COCCCn1c(N/N=C\c2cc(OC)c3c(c2)OCO3)nc2ccccc2c1=O. The van der Waals surface area contributed by atoms with Gasteiger partial charge in [-0.15, -0.1) is 0 Å². The van der Waals surface area contributed by atoms with Crippen molar-refractivity contribution in [2.45, 2.75) is 13.0 Å². The average Bonchev–Trinajstić information content (AvgIpc) is 3.24. The highest BCUT2D eigenvalue weighted by atomic mass is 16.7. The predicted molar refractivity (Wildman–Crippen MR) is 113 cm³/mol. The van der Waals surface area contributed by atoms with Gasteiger partial charge in [-0.2, -0.15) is 5.10 Å². The molecule has 1 aliphatic rings. The van der Waals surface area contributed by atoms with Crippen LogP contribution in [0.1, 0.15) is 12.0 Å². The summed E-state index contributed by atoms with van der Waals surface area (Å²) < 4.78 is 22.9. The highest BCUT2D eigenvalue weighted by molar-refractivity contribution is 5.83. The lowest BCUT2D eigenvalue weighted by atomic mass is 10.2. The van der Waals surface area contributed by atoms with Gasteiger partial charge in [-0.25, -0.2) is 10.4 Å². The summed E-state index contributed by atoms with van der Waals surface area (Å²) in [7, 11) is 3.19. The van der Waals surface area contributed by atoms with Crippen molar-refractivity contribution in [3.05, 3.63) is 52.3 Å². The Hall–Kier alpha value is -3.59. The summed E-state index contributed by atoms with van der Waals surface area (Å²) in [6, 6.07) is 10.8. The number of rotatable bonds is 8. The molecule has 0 fully saturated rings. The first-order chi connectivity index (χ1) is 14.7. The monoisotopic (exact) mass is 410 g/mol. The van der Waals surface area contributed by atoms with Crippen molar-refractivity contribution in [1.29, 1.82) is 0 Å². The zero-order valence-corrected chi connectivity index (χ0v) is 16.8. The van der Waals surface area contributed by atoms with E-state index in [9.17, 15) is 4.79 Å². The number of nitrogens with one attached hydrogen (secondary N) is 1. The summed E-state index contributed by atoms with van der Waals surface area (Å²) in [6.45, 7) is 1.15. The lowest BCUT2D eigenvalue weighted by molar-refractivity contribution is 0.171. The quantitative estimate of drug-likeness (QED) is 0.346. The molecule has 1 aromatic heterocycles. The molecule has 0 amide bonds. The van der Waals surface area contributed by atoms with Gasteiger partial charge in [0.25, 0.3) is 5.56 Å². The van der Waals surface area contributed by atoms with Crippen LogP contribution in [0.3, 0.4) is 0 Å². The van der Waals surface area contributed by atoms with Crippen molar-refractivity contribution in [2.75, 3.05) is 33.0 Å². The maximum absolute atomic E-state index is 12.9. The molecule has 0 atom stereocenters. The van der Waals surface area contributed by atoms with E-state index in [1.165, 1.54) is 0 Å². The number of hydrogen-bond acceptors (Lipinski definition) is 8. The van der Waals surface area contributed by atoms with E-state index < -0.39 is 0 Å². The lowest BCUT2D eigenvalue weighted by Gasteiger charge is -2.12. The van der Waals surface area contributed by atoms with Crippen molar-refractivity contribution in [1.82, 2.24) is 9.55 Å². The Morgan fingerprint density at radius 1 is 1.27 bits per heavy atom. The van der Waals surface area contributed by atoms with E-state index in [1.54, 1.807) is 49.3 Å². The molecule has 3 aromatic rings. The van der Waals surface area contributed by atoms with E-state index in [0.29, 0.717) is 53.7 Å². The Bertz CT molecular complexity index is 1140. The van der Waals surface area contributed by atoms with Gasteiger partial charge in [0.1, 0.15) is 0 Å². The summed E-state index contributed by atoms with van der Waals surface area (Å²) in [6.07, 6.45) is 2.28. The number of benzene rings is 2. The van der Waals surface area contributed by atoms with Gasteiger partial charge in [-0.05, 0) is 30.7 Å². The van der Waals surface area contributed by atoms with E-state index in [4.69, 9.17) is 18.9 Å². The molecule has 0 saturated heterocycles. The second-order valence-electron chi connectivity index (χ2n) is 6.58. The van der Waals surface area contributed by atoms with Gasteiger partial charge in [0.2, 0.25) is 18.5 Å². The smallest absolute Gasteiger partial charge is 0.262 e. The normalized spacial score (nSPS) is 12.6. The molecular formula is C21H22N4O5. The van der Waals surface area contributed by atoms with Crippen molar-refractivity contribution in [3.63, 3.8) is 0 Å². The Balaban J connectivity index is 1.63. The summed E-state index contributed by atoms with van der Waals surface area (Å²) in [5.74, 6) is 2.09. The third kappa shape index (κ3) is 3.92. The summed E-state index contributed by atoms with van der Waals surface area (Å²) >= 11 is 0. The van der Waals surface area contributed by atoms with Crippen LogP contribution in [0, 0.1) is 0 Å². The van der Waals surface area contributed by atoms with Gasteiger partial charge in [-0.3, -0.25) is 9.36 Å². The maximum Gasteiger partial charge on any atom is 0.262 e. The van der Waals surface area contributed by atoms with Crippen molar-refractivity contribution >= 4 is 23.1 Å². The summed E-state index contributed by atoms with van der Waals surface area (Å²) in [5.41, 5.74) is 4.12. The lowest BCUT2D eigenvalue weighted by Crippen LogP contribution is -2.24. The minimum absolute atomic E-state index is 0.126. The molecule has 2 heterocycles. The molecule has 9 nitrogen and oxygen atoms in total. The van der Waals surface area contributed by atoms with Crippen molar-refractivity contribution in [3.8, 4) is 17.2 Å². The standard InChI is InChI=1S/C21H22N4O5/c1-27-9-5-8-25-20(26)15-6-3-4-7-16(15)23-21(25)24-22-12-14-10-17(28-2)19-18(11-14)29-13-30-19/h3-4,6-7,10-12H,5,8-9,13H2,1-2H3,(H,23,24)/b22-12-. The molecule has 0 aliphatic carbocycles. The molecule has 9 heteroatoms. The average molecular weight is 410 g/mol. The molecule has 0 saturated carbocycles. The Morgan fingerprint density at radius 2 is 2.13 bits per heavy atom. The topological polar surface area (TPSA) is 96.2 Å². The minimum atomic E-state index is -0.126. The van der Waals surface area contributed by atoms with Crippen LogP contribution in [-0.4, -0.2) is 43.4 Å². The number of methoxy groups -OCH3 is 2. The van der Waals surface area contributed by atoms with Gasteiger partial charge in [0.15, 0.2) is 11.5 Å². The van der Waals surface area contributed by atoms with Crippen molar-refractivity contribution in [2.24, 2.45) is 5.10 Å². The fourth-order valence-corrected chi connectivity index (χ4v) is 3.22. The van der Waals surface area contributed by atoms with E-state index in [1.807, 2.05) is 12.1 Å². The largest absolute Gasteiger partial charge is 0.493 e. The van der Waals surface area contributed by atoms with Crippen LogP contribution in [0.4, 0.5) is 5.95 Å². The van der Waals surface area contributed by atoms with E-state index in [2.05, 4.69) is 15.5 Å². The molecule has 1 aliphatic heterocycles. The van der Waals surface area contributed by atoms with Crippen LogP contribution < -0.4 is 25.2 Å². The first kappa shape index (κ1) is 19.7. The van der Waals surface area contributed by atoms with Crippen LogP contribution in [0.5, 0.6) is 17.2 Å².